The van der Waals surface area contributed by atoms with Crippen molar-refractivity contribution in [1.82, 2.24) is 10.2 Å². The molecular formula is C33H40ClN3O5S. The molecule has 0 aliphatic heterocycles. The third-order valence-electron chi connectivity index (χ3n) is 7.68. The first-order valence-corrected chi connectivity index (χ1v) is 16.6. The number of hydrogen-bond acceptors (Lipinski definition) is 5. The molecule has 10 heteroatoms. The lowest BCUT2D eigenvalue weighted by molar-refractivity contribution is -0.139. The van der Waals surface area contributed by atoms with Crippen LogP contribution in [0.3, 0.4) is 0 Å². The van der Waals surface area contributed by atoms with Gasteiger partial charge in [-0.15, -0.1) is 0 Å². The fourth-order valence-corrected chi connectivity index (χ4v) is 6.85. The van der Waals surface area contributed by atoms with Gasteiger partial charge in [-0.25, -0.2) is 8.42 Å². The smallest absolute Gasteiger partial charge is 0.264 e. The van der Waals surface area contributed by atoms with Crippen LogP contribution in [-0.4, -0.2) is 50.4 Å². The number of anilines is 1. The molecule has 1 fully saturated rings. The standard InChI is InChI=1S/C33H40ClN3O5S/c1-4-42-30-17-15-29(16-18-30)37(43(40,41)31-19-13-24(2)14-20-31)23-32(38)36(22-26-9-8-10-27(34)21-26)25(3)33(39)35-28-11-6-5-7-12-28/h8-10,13-21,25,28H,4-7,11-12,22-23H2,1-3H3,(H,35,39)/t25-/m1/s1. The van der Waals surface area contributed by atoms with Crippen LogP contribution in [0, 0.1) is 6.92 Å². The Morgan fingerprint density at radius 2 is 1.67 bits per heavy atom. The van der Waals surface area contributed by atoms with E-state index >= 15 is 0 Å². The number of nitrogens with zero attached hydrogens (tertiary/aromatic N) is 2. The van der Waals surface area contributed by atoms with Gasteiger partial charge in [0.25, 0.3) is 10.0 Å². The molecule has 3 aromatic carbocycles. The average molecular weight is 626 g/mol. The molecule has 0 unspecified atom stereocenters. The first kappa shape index (κ1) is 32.4. The van der Waals surface area contributed by atoms with Crippen LogP contribution in [0.1, 0.15) is 57.1 Å². The highest BCUT2D eigenvalue weighted by atomic mass is 35.5. The molecule has 1 aliphatic rings. The Balaban J connectivity index is 1.68. The van der Waals surface area contributed by atoms with E-state index in [2.05, 4.69) is 5.32 Å². The molecule has 3 aromatic rings. The third kappa shape index (κ3) is 8.51. The molecule has 0 aromatic heterocycles. The summed E-state index contributed by atoms with van der Waals surface area (Å²) in [7, 11) is -4.15. The number of aryl methyl sites for hydroxylation is 1. The van der Waals surface area contributed by atoms with Gasteiger partial charge in [0.1, 0.15) is 18.3 Å². The fraction of sp³-hybridized carbons (Fsp3) is 0.394. The second-order valence-corrected chi connectivity index (χ2v) is 13.2. The van der Waals surface area contributed by atoms with Gasteiger partial charge in [-0.05, 0) is 87.7 Å². The monoisotopic (exact) mass is 625 g/mol. The number of benzene rings is 3. The number of nitrogens with one attached hydrogen (secondary N) is 1. The van der Waals surface area contributed by atoms with Gasteiger partial charge in [0, 0.05) is 17.6 Å². The van der Waals surface area contributed by atoms with Gasteiger partial charge >= 0.3 is 0 Å². The summed E-state index contributed by atoms with van der Waals surface area (Å²) in [4.78, 5) is 29.1. The molecule has 2 amide bonds. The summed E-state index contributed by atoms with van der Waals surface area (Å²) in [6, 6.07) is 19.4. The van der Waals surface area contributed by atoms with Crippen LogP contribution in [-0.2, 0) is 26.2 Å². The topological polar surface area (TPSA) is 96.0 Å². The Hall–Kier alpha value is -3.56. The van der Waals surface area contributed by atoms with Gasteiger partial charge in [0.2, 0.25) is 11.8 Å². The summed E-state index contributed by atoms with van der Waals surface area (Å²) < 4.78 is 34.6. The molecule has 43 heavy (non-hydrogen) atoms. The highest BCUT2D eigenvalue weighted by Crippen LogP contribution is 2.27. The van der Waals surface area contributed by atoms with Crippen molar-refractivity contribution >= 4 is 39.1 Å². The van der Waals surface area contributed by atoms with E-state index in [0.717, 1.165) is 47.5 Å². The van der Waals surface area contributed by atoms with Crippen LogP contribution in [0.2, 0.25) is 5.02 Å². The first-order chi connectivity index (χ1) is 20.6. The number of rotatable bonds is 12. The van der Waals surface area contributed by atoms with Crippen molar-refractivity contribution in [3.05, 3.63) is 88.9 Å². The van der Waals surface area contributed by atoms with Crippen LogP contribution in [0.15, 0.2) is 77.7 Å². The van der Waals surface area contributed by atoms with Crippen molar-refractivity contribution in [2.24, 2.45) is 0 Å². The maximum atomic E-state index is 14.1. The number of ether oxygens (including phenoxy) is 1. The van der Waals surface area contributed by atoms with E-state index in [9.17, 15) is 18.0 Å². The summed E-state index contributed by atoms with van der Waals surface area (Å²) in [5, 5.41) is 3.61. The van der Waals surface area contributed by atoms with Gasteiger partial charge in [-0.2, -0.15) is 0 Å². The van der Waals surface area contributed by atoms with E-state index in [1.54, 1.807) is 61.5 Å². The van der Waals surface area contributed by atoms with Crippen LogP contribution in [0.25, 0.3) is 0 Å². The van der Waals surface area contributed by atoms with E-state index < -0.39 is 28.5 Å². The highest BCUT2D eigenvalue weighted by molar-refractivity contribution is 7.92. The third-order valence-corrected chi connectivity index (χ3v) is 9.71. The van der Waals surface area contributed by atoms with Gasteiger partial charge < -0.3 is 15.0 Å². The number of carbonyl (C=O) groups is 2. The summed E-state index contributed by atoms with van der Waals surface area (Å²) in [5.74, 6) is -0.201. The van der Waals surface area contributed by atoms with Crippen molar-refractivity contribution in [3.63, 3.8) is 0 Å². The van der Waals surface area contributed by atoms with Crippen LogP contribution >= 0.6 is 11.6 Å². The summed E-state index contributed by atoms with van der Waals surface area (Å²) in [5.41, 5.74) is 1.94. The Morgan fingerprint density at radius 3 is 2.30 bits per heavy atom. The van der Waals surface area contributed by atoms with Crippen molar-refractivity contribution in [2.75, 3.05) is 17.5 Å². The lowest BCUT2D eigenvalue weighted by Gasteiger charge is -2.33. The molecule has 0 saturated heterocycles. The van der Waals surface area contributed by atoms with Gasteiger partial charge in [-0.3, -0.25) is 13.9 Å². The second kappa shape index (κ2) is 14.8. The molecule has 0 bridgehead atoms. The van der Waals surface area contributed by atoms with E-state index in [0.29, 0.717) is 23.1 Å². The predicted octanol–water partition coefficient (Wildman–Crippen LogP) is 6.11. The van der Waals surface area contributed by atoms with Crippen LogP contribution < -0.4 is 14.4 Å². The largest absolute Gasteiger partial charge is 0.494 e. The molecule has 0 spiro atoms. The zero-order chi connectivity index (χ0) is 31.0. The summed E-state index contributed by atoms with van der Waals surface area (Å²) in [6.07, 6.45) is 5.07. The van der Waals surface area contributed by atoms with Gasteiger partial charge in [-0.1, -0.05) is 60.7 Å². The maximum absolute atomic E-state index is 14.1. The summed E-state index contributed by atoms with van der Waals surface area (Å²) >= 11 is 6.24. The zero-order valence-corrected chi connectivity index (χ0v) is 26.5. The minimum atomic E-state index is -4.15. The van der Waals surface area contributed by atoms with Crippen molar-refractivity contribution < 1.29 is 22.7 Å². The normalized spacial score (nSPS) is 14.5. The van der Waals surface area contributed by atoms with Crippen LogP contribution in [0.4, 0.5) is 5.69 Å². The first-order valence-electron chi connectivity index (χ1n) is 14.7. The maximum Gasteiger partial charge on any atom is 0.264 e. The number of amides is 2. The number of carbonyl (C=O) groups excluding carboxylic acids is 2. The number of sulfonamides is 1. The van der Waals surface area contributed by atoms with E-state index in [1.807, 2.05) is 19.9 Å². The summed E-state index contributed by atoms with van der Waals surface area (Å²) in [6.45, 7) is 5.45. The molecular weight excluding hydrogens is 586 g/mol. The molecule has 4 rings (SSSR count). The molecule has 230 valence electrons. The molecule has 1 saturated carbocycles. The average Bonchev–Trinajstić information content (AvgIpc) is 2.99. The highest BCUT2D eigenvalue weighted by Gasteiger charge is 2.33. The molecule has 0 radical (unpaired) electrons. The van der Waals surface area contributed by atoms with Crippen molar-refractivity contribution in [1.29, 1.82) is 0 Å². The minimum absolute atomic E-state index is 0.0595. The Bertz CT molecular complexity index is 1490. The van der Waals surface area contributed by atoms with E-state index in [4.69, 9.17) is 16.3 Å². The predicted molar refractivity (Wildman–Crippen MR) is 170 cm³/mol. The minimum Gasteiger partial charge on any atom is -0.494 e. The van der Waals surface area contributed by atoms with Crippen molar-refractivity contribution in [3.8, 4) is 5.75 Å². The molecule has 1 N–H and O–H groups in total. The van der Waals surface area contributed by atoms with Crippen molar-refractivity contribution in [2.45, 2.75) is 76.4 Å². The number of hydrogen-bond donors (Lipinski definition) is 1. The zero-order valence-electron chi connectivity index (χ0n) is 25.0. The molecule has 1 aliphatic carbocycles. The Kier molecular flexibility index (Phi) is 11.1. The number of halogens is 1. The Labute approximate surface area is 260 Å². The van der Waals surface area contributed by atoms with Gasteiger partial charge in [0.15, 0.2) is 0 Å². The molecule has 8 nitrogen and oxygen atoms in total. The Morgan fingerprint density at radius 1 is 1.00 bits per heavy atom. The van der Waals surface area contributed by atoms with Crippen LogP contribution in [0.5, 0.6) is 5.75 Å². The molecule has 0 heterocycles. The van der Waals surface area contributed by atoms with E-state index in [-0.39, 0.29) is 23.4 Å². The fourth-order valence-electron chi connectivity index (χ4n) is 5.22. The second-order valence-electron chi connectivity index (χ2n) is 10.9. The molecule has 1 atom stereocenters. The SMILES string of the molecule is CCOc1ccc(N(CC(=O)N(Cc2cccc(Cl)c2)[C@H](C)C(=O)NC2CCCCC2)S(=O)(=O)c2ccc(C)cc2)cc1. The van der Waals surface area contributed by atoms with E-state index in [1.165, 1.54) is 17.0 Å². The van der Waals surface area contributed by atoms with Gasteiger partial charge in [0.05, 0.1) is 17.2 Å². The quantitative estimate of drug-likeness (QED) is 0.262. The lowest BCUT2D eigenvalue weighted by Crippen LogP contribution is -2.53. The lowest BCUT2D eigenvalue weighted by atomic mass is 9.95.